The summed E-state index contributed by atoms with van der Waals surface area (Å²) in [6.07, 6.45) is 2.73. The number of hydrogen-bond acceptors (Lipinski definition) is 3. The van der Waals surface area contributed by atoms with E-state index in [4.69, 9.17) is 4.74 Å². The van der Waals surface area contributed by atoms with E-state index >= 15 is 0 Å². The summed E-state index contributed by atoms with van der Waals surface area (Å²) in [5.41, 5.74) is 2.35. The molecule has 0 aromatic heterocycles. The first-order chi connectivity index (χ1) is 15.5. The van der Waals surface area contributed by atoms with Gasteiger partial charge in [0.05, 0.1) is 17.7 Å². The number of hydrogen-bond donors (Lipinski definition) is 0. The molecule has 0 bridgehead atoms. The molecule has 166 valence electrons. The molecule has 0 saturated carbocycles. The van der Waals surface area contributed by atoms with E-state index in [0.29, 0.717) is 11.4 Å². The predicted molar refractivity (Wildman–Crippen MR) is 130 cm³/mol. The Morgan fingerprint density at radius 2 is 1.59 bits per heavy atom. The molecule has 0 heterocycles. The fourth-order valence-electron chi connectivity index (χ4n) is 3.33. The normalized spacial score (nSPS) is 11.8. The minimum atomic E-state index is -3.89. The number of nitrogens with zero attached hydrogens (tertiary/aromatic N) is 1. The van der Waals surface area contributed by atoms with Gasteiger partial charge in [0.15, 0.2) is 0 Å². The fraction of sp³-hybridized carbons (Fsp3) is 0.259. The van der Waals surface area contributed by atoms with Crippen molar-refractivity contribution < 1.29 is 13.2 Å². The van der Waals surface area contributed by atoms with Crippen LogP contribution in [0.1, 0.15) is 43.4 Å². The van der Waals surface area contributed by atoms with Gasteiger partial charge in [0.2, 0.25) is 0 Å². The van der Waals surface area contributed by atoms with E-state index < -0.39 is 16.1 Å². The maximum atomic E-state index is 13.9. The summed E-state index contributed by atoms with van der Waals surface area (Å²) >= 11 is 0. The van der Waals surface area contributed by atoms with Gasteiger partial charge in [0.25, 0.3) is 10.0 Å². The van der Waals surface area contributed by atoms with Crippen molar-refractivity contribution in [1.29, 1.82) is 0 Å². The van der Waals surface area contributed by atoms with Gasteiger partial charge in [0.1, 0.15) is 11.8 Å². The molecule has 0 amide bonds. The number of sulfonamides is 1. The van der Waals surface area contributed by atoms with Gasteiger partial charge in [-0.05, 0) is 55.3 Å². The summed E-state index contributed by atoms with van der Waals surface area (Å²) in [4.78, 5) is 0.232. The highest BCUT2D eigenvalue weighted by Gasteiger charge is 2.32. The Morgan fingerprint density at radius 1 is 0.938 bits per heavy atom. The fourth-order valence-corrected chi connectivity index (χ4v) is 4.88. The lowest BCUT2D eigenvalue weighted by Crippen LogP contribution is -2.34. The number of rotatable bonds is 8. The average molecular weight is 448 g/mol. The molecule has 5 heteroatoms. The molecule has 0 saturated heterocycles. The Hall–Kier alpha value is -3.23. The Morgan fingerprint density at radius 3 is 2.19 bits per heavy atom. The Labute approximate surface area is 191 Å². The SMILES string of the molecule is CCCCC#CC(c1ccccc1)N(c1ccc(OC)cc1)S(=O)(=O)c1ccc(C)cc1. The lowest BCUT2D eigenvalue weighted by atomic mass is 10.1. The van der Waals surface area contributed by atoms with Crippen LogP contribution < -0.4 is 9.04 Å². The molecule has 0 aliphatic heterocycles. The van der Waals surface area contributed by atoms with Gasteiger partial charge in [-0.2, -0.15) is 0 Å². The van der Waals surface area contributed by atoms with Crippen molar-refractivity contribution in [3.05, 3.63) is 90.0 Å². The first-order valence-electron chi connectivity index (χ1n) is 10.8. The van der Waals surface area contributed by atoms with E-state index in [-0.39, 0.29) is 4.90 Å². The van der Waals surface area contributed by atoms with Crippen LogP contribution in [0.3, 0.4) is 0 Å². The number of anilines is 1. The van der Waals surface area contributed by atoms with Gasteiger partial charge in [-0.1, -0.05) is 67.3 Å². The zero-order chi connectivity index (χ0) is 23.0. The van der Waals surface area contributed by atoms with Crippen molar-refractivity contribution in [1.82, 2.24) is 0 Å². The largest absolute Gasteiger partial charge is 0.497 e. The van der Waals surface area contributed by atoms with Crippen LogP contribution in [0.5, 0.6) is 5.75 Å². The van der Waals surface area contributed by atoms with E-state index in [9.17, 15) is 8.42 Å². The number of aryl methyl sites for hydroxylation is 1. The lowest BCUT2D eigenvalue weighted by Gasteiger charge is -2.30. The second-order valence-corrected chi connectivity index (χ2v) is 9.36. The van der Waals surface area contributed by atoms with E-state index in [1.165, 1.54) is 4.31 Å². The first-order valence-corrected chi connectivity index (χ1v) is 12.2. The van der Waals surface area contributed by atoms with Crippen LogP contribution in [0.2, 0.25) is 0 Å². The topological polar surface area (TPSA) is 46.6 Å². The van der Waals surface area contributed by atoms with Crippen molar-refractivity contribution in [2.24, 2.45) is 0 Å². The molecule has 3 aromatic carbocycles. The minimum absolute atomic E-state index is 0.232. The van der Waals surface area contributed by atoms with Crippen molar-refractivity contribution in [2.45, 2.75) is 44.0 Å². The van der Waals surface area contributed by atoms with Crippen molar-refractivity contribution in [2.75, 3.05) is 11.4 Å². The molecule has 3 rings (SSSR count). The van der Waals surface area contributed by atoms with Crippen LogP contribution in [-0.4, -0.2) is 15.5 Å². The Bertz CT molecular complexity index is 1160. The van der Waals surface area contributed by atoms with Crippen molar-refractivity contribution in [3.8, 4) is 17.6 Å². The molecule has 0 fully saturated rings. The van der Waals surface area contributed by atoms with E-state index in [2.05, 4.69) is 18.8 Å². The number of methoxy groups -OCH3 is 1. The second-order valence-electron chi connectivity index (χ2n) is 7.55. The predicted octanol–water partition coefficient (Wildman–Crippen LogP) is 6.13. The highest BCUT2D eigenvalue weighted by molar-refractivity contribution is 7.92. The summed E-state index contributed by atoms with van der Waals surface area (Å²) in [5.74, 6) is 7.12. The van der Waals surface area contributed by atoms with E-state index in [0.717, 1.165) is 30.4 Å². The lowest BCUT2D eigenvalue weighted by molar-refractivity contribution is 0.415. The van der Waals surface area contributed by atoms with E-state index in [1.807, 2.05) is 49.4 Å². The molecule has 1 atom stereocenters. The smallest absolute Gasteiger partial charge is 0.265 e. The highest BCUT2D eigenvalue weighted by Crippen LogP contribution is 2.34. The van der Waals surface area contributed by atoms with Crippen molar-refractivity contribution >= 4 is 15.7 Å². The molecule has 0 aliphatic carbocycles. The van der Waals surface area contributed by atoms with Crippen LogP contribution in [0.4, 0.5) is 5.69 Å². The molecule has 0 radical (unpaired) electrons. The maximum absolute atomic E-state index is 13.9. The van der Waals surface area contributed by atoms with Gasteiger partial charge >= 0.3 is 0 Å². The molecule has 0 aliphatic rings. The van der Waals surface area contributed by atoms with Gasteiger partial charge in [-0.3, -0.25) is 0 Å². The van der Waals surface area contributed by atoms with Gasteiger partial charge in [-0.25, -0.2) is 12.7 Å². The molecule has 4 nitrogen and oxygen atoms in total. The first kappa shape index (κ1) is 23.4. The van der Waals surface area contributed by atoms with E-state index in [1.54, 1.807) is 43.5 Å². The second kappa shape index (κ2) is 10.9. The monoisotopic (exact) mass is 447 g/mol. The molecular weight excluding hydrogens is 418 g/mol. The molecule has 0 spiro atoms. The minimum Gasteiger partial charge on any atom is -0.497 e. The van der Waals surface area contributed by atoms with Gasteiger partial charge in [-0.15, -0.1) is 5.92 Å². The zero-order valence-electron chi connectivity index (χ0n) is 18.8. The molecule has 1 unspecified atom stereocenters. The van der Waals surface area contributed by atoms with Crippen LogP contribution in [0.15, 0.2) is 83.8 Å². The van der Waals surface area contributed by atoms with Crippen LogP contribution in [0, 0.1) is 18.8 Å². The Balaban J connectivity index is 2.19. The number of unbranched alkanes of at least 4 members (excludes halogenated alkanes) is 2. The van der Waals surface area contributed by atoms with Gasteiger partial charge in [0, 0.05) is 6.42 Å². The van der Waals surface area contributed by atoms with Crippen LogP contribution >= 0.6 is 0 Å². The number of benzene rings is 3. The van der Waals surface area contributed by atoms with Crippen LogP contribution in [0.25, 0.3) is 0 Å². The average Bonchev–Trinajstić information content (AvgIpc) is 2.82. The molecule has 3 aromatic rings. The standard InChI is InChI=1S/C27H29NO3S/c1-4-5-6-10-13-27(23-11-8-7-9-12-23)28(24-16-18-25(31-3)19-17-24)32(29,30)26-20-14-22(2)15-21-26/h7-9,11-12,14-21,27H,4-6H2,1-3H3. The third kappa shape index (κ3) is 5.52. The number of ether oxygens (including phenoxy) is 1. The summed E-state index contributed by atoms with van der Waals surface area (Å²) in [6.45, 7) is 4.05. The van der Waals surface area contributed by atoms with Crippen LogP contribution in [-0.2, 0) is 10.0 Å². The summed E-state index contributed by atoms with van der Waals surface area (Å²) < 4.78 is 34.6. The molecular formula is C27H29NO3S. The van der Waals surface area contributed by atoms with Crippen molar-refractivity contribution in [3.63, 3.8) is 0 Å². The Kier molecular flexibility index (Phi) is 7.97. The van der Waals surface area contributed by atoms with Gasteiger partial charge < -0.3 is 4.74 Å². The maximum Gasteiger partial charge on any atom is 0.265 e. The quantitative estimate of drug-likeness (QED) is 0.308. The molecule has 32 heavy (non-hydrogen) atoms. The molecule has 0 N–H and O–H groups in total. The zero-order valence-corrected chi connectivity index (χ0v) is 19.6. The summed E-state index contributed by atoms with van der Waals surface area (Å²) in [7, 11) is -2.31. The third-order valence-electron chi connectivity index (χ3n) is 5.15. The third-order valence-corrected chi connectivity index (χ3v) is 6.96. The highest BCUT2D eigenvalue weighted by atomic mass is 32.2. The summed E-state index contributed by atoms with van der Waals surface area (Å²) in [5, 5.41) is 0. The summed E-state index contributed by atoms with van der Waals surface area (Å²) in [6, 6.07) is 22.9.